The molecule has 0 aliphatic rings. The lowest BCUT2D eigenvalue weighted by atomic mass is 10.1. The molecule has 0 saturated carbocycles. The van der Waals surface area contributed by atoms with E-state index in [4.69, 9.17) is 9.47 Å². The van der Waals surface area contributed by atoms with E-state index in [0.717, 1.165) is 65.0 Å². The zero-order valence-electron chi connectivity index (χ0n) is 23.3. The van der Waals surface area contributed by atoms with Crippen LogP contribution in [-0.2, 0) is 22.3 Å². The fourth-order valence-electron chi connectivity index (χ4n) is 5.09. The van der Waals surface area contributed by atoms with E-state index in [1.807, 2.05) is 45.3 Å². The Balaban J connectivity index is 1.18. The van der Waals surface area contributed by atoms with Crippen LogP contribution in [0.25, 0.3) is 50.5 Å². The van der Waals surface area contributed by atoms with E-state index in [9.17, 15) is 0 Å². The maximum atomic E-state index is 5.65. The lowest BCUT2D eigenvalue weighted by molar-refractivity contribution is 0.132. The lowest BCUT2D eigenvalue weighted by Gasteiger charge is -2.01. The number of benzene rings is 2. The van der Waals surface area contributed by atoms with Gasteiger partial charge >= 0.3 is 0 Å². The molecule has 0 spiro atoms. The highest BCUT2D eigenvalue weighted by molar-refractivity contribution is 7.36. The summed E-state index contributed by atoms with van der Waals surface area (Å²) in [5, 5.41) is 2.78. The van der Waals surface area contributed by atoms with Crippen molar-refractivity contribution < 1.29 is 9.47 Å². The Morgan fingerprint density at radius 2 is 1.00 bits per heavy atom. The first-order valence-corrected chi connectivity index (χ1v) is 17.7. The maximum Gasteiger partial charge on any atom is 0.0542 e. The Kier molecular flexibility index (Phi) is 9.32. The van der Waals surface area contributed by atoms with Crippen molar-refractivity contribution in [1.82, 2.24) is 0 Å². The molecule has 0 radical (unpaired) electrons. The average molecular weight is 605 g/mol. The first kappa shape index (κ1) is 28.1. The monoisotopic (exact) mass is 604 g/mol. The molecule has 0 saturated heterocycles. The predicted molar refractivity (Wildman–Crippen MR) is 180 cm³/mol. The third-order valence-corrected chi connectivity index (χ3v) is 12.0. The molecule has 0 aliphatic carbocycles. The molecule has 208 valence electrons. The smallest absolute Gasteiger partial charge is 0.0542 e. The van der Waals surface area contributed by atoms with Crippen molar-refractivity contribution in [2.24, 2.45) is 0 Å². The van der Waals surface area contributed by atoms with Crippen molar-refractivity contribution in [3.05, 3.63) is 70.4 Å². The van der Waals surface area contributed by atoms with E-state index in [1.165, 1.54) is 60.2 Å². The lowest BCUT2D eigenvalue weighted by Crippen LogP contribution is -1.96. The van der Waals surface area contributed by atoms with Gasteiger partial charge < -0.3 is 9.47 Å². The minimum atomic E-state index is 0.859. The van der Waals surface area contributed by atoms with Crippen LogP contribution in [0.4, 0.5) is 0 Å². The minimum Gasteiger partial charge on any atom is -0.381 e. The van der Waals surface area contributed by atoms with Gasteiger partial charge in [0.25, 0.3) is 0 Å². The van der Waals surface area contributed by atoms with E-state index < -0.39 is 0 Å². The van der Waals surface area contributed by atoms with Gasteiger partial charge in [-0.25, -0.2) is 0 Å². The molecular formula is C34H36O2S4. The van der Waals surface area contributed by atoms with Crippen LogP contribution in [0.15, 0.2) is 60.7 Å². The third kappa shape index (κ3) is 6.23. The molecule has 6 rings (SSSR count). The number of hydrogen-bond donors (Lipinski definition) is 0. The summed E-state index contributed by atoms with van der Waals surface area (Å²) in [4.78, 5) is 5.62. The SMILES string of the molecule is CCCOCCCc1ccc(-c2ccc3c(c2)sc2c4ccc(-c5ccc(CCCOCCC)s5)cc4sc32)s1. The standard InChI is InChI=1S/C34H36O2S4/c1-3-17-35-19-5-7-25-11-15-29(37-25)23-9-13-27-31(21-23)39-34-28-14-10-24(22-32(28)40-33(27)34)30-16-12-26(38-30)8-6-20-36-18-4-2/h9-16,21-22H,3-8,17-20H2,1-2H3. The quantitative estimate of drug-likeness (QED) is 0.115. The van der Waals surface area contributed by atoms with Gasteiger partial charge in [-0.15, -0.1) is 45.3 Å². The van der Waals surface area contributed by atoms with Crippen molar-refractivity contribution in [2.45, 2.75) is 52.4 Å². The Morgan fingerprint density at radius 3 is 1.45 bits per heavy atom. The molecule has 40 heavy (non-hydrogen) atoms. The highest BCUT2D eigenvalue weighted by Crippen LogP contribution is 2.46. The summed E-state index contributed by atoms with van der Waals surface area (Å²) in [6.07, 6.45) is 6.57. The van der Waals surface area contributed by atoms with Crippen LogP contribution in [0.1, 0.15) is 49.3 Å². The van der Waals surface area contributed by atoms with Crippen LogP contribution >= 0.6 is 45.3 Å². The zero-order valence-corrected chi connectivity index (χ0v) is 26.6. The summed E-state index contributed by atoms with van der Waals surface area (Å²) in [7, 11) is 0. The van der Waals surface area contributed by atoms with Gasteiger partial charge in [-0.1, -0.05) is 38.1 Å². The number of hydrogen-bond acceptors (Lipinski definition) is 6. The van der Waals surface area contributed by atoms with Crippen LogP contribution in [-0.4, -0.2) is 26.4 Å². The van der Waals surface area contributed by atoms with Crippen LogP contribution in [0.2, 0.25) is 0 Å². The Bertz CT molecular complexity index is 1570. The van der Waals surface area contributed by atoms with Gasteiger partial charge in [-0.3, -0.25) is 0 Å². The van der Waals surface area contributed by atoms with E-state index >= 15 is 0 Å². The van der Waals surface area contributed by atoms with E-state index in [1.54, 1.807) is 0 Å². The number of rotatable bonds is 14. The molecule has 4 heterocycles. The van der Waals surface area contributed by atoms with Crippen molar-refractivity contribution in [3.8, 4) is 20.9 Å². The van der Waals surface area contributed by atoms with Crippen LogP contribution in [0.5, 0.6) is 0 Å². The van der Waals surface area contributed by atoms with E-state index in [0.29, 0.717) is 0 Å². The van der Waals surface area contributed by atoms with Gasteiger partial charge in [0.15, 0.2) is 0 Å². The van der Waals surface area contributed by atoms with Gasteiger partial charge in [-0.2, -0.15) is 0 Å². The molecule has 2 nitrogen and oxygen atoms in total. The average Bonchev–Trinajstić information content (AvgIpc) is 3.76. The van der Waals surface area contributed by atoms with Crippen LogP contribution < -0.4 is 0 Å². The van der Waals surface area contributed by atoms with Crippen molar-refractivity contribution in [1.29, 1.82) is 0 Å². The van der Waals surface area contributed by atoms with Gasteiger partial charge in [0, 0.05) is 66.1 Å². The third-order valence-electron chi connectivity index (χ3n) is 7.10. The molecule has 0 amide bonds. The first-order valence-electron chi connectivity index (χ1n) is 14.5. The second-order valence-corrected chi connectivity index (χ2v) is 14.7. The molecule has 0 fully saturated rings. The topological polar surface area (TPSA) is 18.5 Å². The molecule has 6 aromatic rings. The summed E-state index contributed by atoms with van der Waals surface area (Å²) in [6, 6.07) is 23.3. The normalized spacial score (nSPS) is 11.9. The second-order valence-electron chi connectivity index (χ2n) is 10.2. The van der Waals surface area contributed by atoms with Crippen molar-refractivity contribution in [3.63, 3.8) is 0 Å². The Morgan fingerprint density at radius 1 is 0.525 bits per heavy atom. The van der Waals surface area contributed by atoms with Crippen LogP contribution in [0, 0.1) is 0 Å². The second kappa shape index (κ2) is 13.3. The molecule has 6 heteroatoms. The predicted octanol–water partition coefficient (Wildman–Crippen LogP) is 11.4. The fraction of sp³-hybridized carbons (Fsp3) is 0.353. The molecule has 2 aromatic carbocycles. The molecule has 0 atom stereocenters. The number of ether oxygens (including phenoxy) is 2. The molecule has 0 N–H and O–H groups in total. The highest BCUT2D eigenvalue weighted by atomic mass is 32.1. The first-order chi connectivity index (χ1) is 19.7. The molecule has 4 aromatic heterocycles. The number of fused-ring (bicyclic) bond motifs is 5. The van der Waals surface area contributed by atoms with E-state index in [-0.39, 0.29) is 0 Å². The van der Waals surface area contributed by atoms with Crippen molar-refractivity contribution in [2.75, 3.05) is 26.4 Å². The molecule has 0 aliphatic heterocycles. The fourth-order valence-corrected chi connectivity index (χ4v) is 9.91. The highest BCUT2D eigenvalue weighted by Gasteiger charge is 2.15. The Labute approximate surface area is 253 Å². The Hall–Kier alpha value is -2.06. The van der Waals surface area contributed by atoms with Crippen LogP contribution in [0.3, 0.4) is 0 Å². The largest absolute Gasteiger partial charge is 0.381 e. The van der Waals surface area contributed by atoms with Gasteiger partial charge in [0.2, 0.25) is 0 Å². The molecule has 0 bridgehead atoms. The summed E-state index contributed by atoms with van der Waals surface area (Å²) in [6.45, 7) is 7.78. The zero-order chi connectivity index (χ0) is 27.3. The summed E-state index contributed by atoms with van der Waals surface area (Å²) in [5.41, 5.74) is 2.66. The van der Waals surface area contributed by atoms with E-state index in [2.05, 4.69) is 74.5 Å². The van der Waals surface area contributed by atoms with Gasteiger partial charge in [-0.05, 0) is 86.1 Å². The summed E-state index contributed by atoms with van der Waals surface area (Å²) in [5.74, 6) is 0. The molecule has 0 unspecified atom stereocenters. The maximum absolute atomic E-state index is 5.65. The number of thiophene rings is 4. The summed E-state index contributed by atoms with van der Waals surface area (Å²) >= 11 is 7.74. The minimum absolute atomic E-state index is 0.859. The summed E-state index contributed by atoms with van der Waals surface area (Å²) < 4.78 is 16.9. The van der Waals surface area contributed by atoms with Gasteiger partial charge in [0.05, 0.1) is 9.40 Å². The molecular weight excluding hydrogens is 569 g/mol. The number of aryl methyl sites for hydroxylation is 2. The van der Waals surface area contributed by atoms with Gasteiger partial charge in [0.1, 0.15) is 0 Å². The van der Waals surface area contributed by atoms with Crippen molar-refractivity contribution >= 4 is 74.9 Å².